The van der Waals surface area contributed by atoms with Crippen LogP contribution in [-0.4, -0.2) is 30.8 Å². The maximum atomic E-state index is 13.5. The summed E-state index contributed by atoms with van der Waals surface area (Å²) in [6, 6.07) is 2.82. The van der Waals surface area contributed by atoms with E-state index in [0.717, 1.165) is 0 Å². The fourth-order valence-corrected chi connectivity index (χ4v) is 3.87. The second-order valence-electron chi connectivity index (χ2n) is 7.09. The van der Waals surface area contributed by atoms with Crippen LogP contribution in [0.15, 0.2) is 18.3 Å². The maximum Gasteiger partial charge on any atom is 0.133 e. The van der Waals surface area contributed by atoms with Crippen LogP contribution in [0.4, 0.5) is 4.39 Å². The van der Waals surface area contributed by atoms with Gasteiger partial charge in [0.25, 0.3) is 0 Å². The molecule has 2 rings (SSSR count). The van der Waals surface area contributed by atoms with Crippen molar-refractivity contribution in [3.8, 4) is 0 Å². The second kappa shape index (κ2) is 7.13. The van der Waals surface area contributed by atoms with Gasteiger partial charge in [0.2, 0.25) is 0 Å². The van der Waals surface area contributed by atoms with E-state index in [2.05, 4.69) is 9.71 Å². The Labute approximate surface area is 144 Å². The lowest BCUT2D eigenvalue weighted by Gasteiger charge is -2.41. The number of halogens is 2. The van der Waals surface area contributed by atoms with E-state index in [1.54, 1.807) is 18.3 Å². The number of nitrogens with zero attached hydrogens (tertiary/aromatic N) is 1. The quantitative estimate of drug-likeness (QED) is 0.806. The van der Waals surface area contributed by atoms with E-state index in [9.17, 15) is 13.7 Å². The highest BCUT2D eigenvalue weighted by Gasteiger charge is 2.43. The van der Waals surface area contributed by atoms with Gasteiger partial charge in [-0.2, -0.15) is 0 Å². The molecule has 1 aromatic heterocycles. The van der Waals surface area contributed by atoms with Crippen molar-refractivity contribution in [2.75, 3.05) is 0 Å². The smallest absolute Gasteiger partial charge is 0.133 e. The summed E-state index contributed by atoms with van der Waals surface area (Å²) in [6.45, 7) is 5.54. The van der Waals surface area contributed by atoms with Crippen molar-refractivity contribution in [3.63, 3.8) is 0 Å². The molecule has 1 aromatic rings. The highest BCUT2D eigenvalue weighted by atomic mass is 35.5. The molecule has 1 saturated carbocycles. The van der Waals surface area contributed by atoms with Crippen molar-refractivity contribution in [3.05, 3.63) is 29.0 Å². The minimum absolute atomic E-state index is 0.256. The number of hydrogen-bond donors (Lipinski definition) is 2. The zero-order valence-electron chi connectivity index (χ0n) is 13.7. The molecular formula is C16H24ClFN2O2S. The number of nitrogens with one attached hydrogen (secondary N) is 1. The summed E-state index contributed by atoms with van der Waals surface area (Å²) in [5, 5.41) is 11.3. The first-order chi connectivity index (χ1) is 10.6. The van der Waals surface area contributed by atoms with Gasteiger partial charge in [0.15, 0.2) is 0 Å². The first-order valence-corrected chi connectivity index (χ1v) is 9.31. The minimum atomic E-state index is -1.40. The molecule has 0 aliphatic heterocycles. The van der Waals surface area contributed by atoms with Gasteiger partial charge in [-0.3, -0.25) is 0 Å². The first kappa shape index (κ1) is 18.8. The zero-order chi connectivity index (χ0) is 17.3. The van der Waals surface area contributed by atoms with Gasteiger partial charge in [0, 0.05) is 11.8 Å². The molecule has 4 nitrogen and oxygen atoms in total. The predicted molar refractivity (Wildman–Crippen MR) is 91.3 cm³/mol. The fourth-order valence-electron chi connectivity index (χ4n) is 2.73. The summed E-state index contributed by atoms with van der Waals surface area (Å²) in [6.07, 6.45) is 1.82. The van der Waals surface area contributed by atoms with E-state index in [-0.39, 0.29) is 18.0 Å². The largest absolute Gasteiger partial charge is 0.388 e. The van der Waals surface area contributed by atoms with E-state index < -0.39 is 33.5 Å². The standard InChI is InChI=1S/C16H24ClFN2O2S/c1-15(2,3)23(22)20-13(12-5-4-10-19-14(12)17)16(21)8-6-11(18)7-9-16/h4-5,10-11,13,20-21H,6-9H2,1-3H3/t11?,13-,16?,23?/m0/s1. The summed E-state index contributed by atoms with van der Waals surface area (Å²) >= 11 is 6.19. The Bertz CT molecular complexity index is 571. The van der Waals surface area contributed by atoms with Crippen LogP contribution in [0.3, 0.4) is 0 Å². The number of aliphatic hydroxyl groups is 1. The third kappa shape index (κ3) is 4.50. The molecule has 23 heavy (non-hydrogen) atoms. The summed E-state index contributed by atoms with van der Waals surface area (Å²) in [7, 11) is -1.40. The highest BCUT2D eigenvalue weighted by molar-refractivity contribution is 7.84. The average Bonchev–Trinajstić information content (AvgIpc) is 2.48. The molecular weight excluding hydrogens is 339 g/mol. The number of pyridine rings is 1. The monoisotopic (exact) mass is 362 g/mol. The molecule has 7 heteroatoms. The molecule has 0 aromatic carbocycles. The van der Waals surface area contributed by atoms with Gasteiger partial charge in [-0.25, -0.2) is 18.3 Å². The van der Waals surface area contributed by atoms with Gasteiger partial charge in [0.1, 0.15) is 11.3 Å². The average molecular weight is 363 g/mol. The number of hydrogen-bond acceptors (Lipinski definition) is 3. The Hall–Kier alpha value is -0.560. The van der Waals surface area contributed by atoms with Crippen molar-refractivity contribution in [2.24, 2.45) is 0 Å². The molecule has 0 spiro atoms. The van der Waals surface area contributed by atoms with Crippen LogP contribution in [-0.2, 0) is 11.0 Å². The van der Waals surface area contributed by atoms with E-state index >= 15 is 0 Å². The Morgan fingerprint density at radius 1 is 1.48 bits per heavy atom. The van der Waals surface area contributed by atoms with Crippen LogP contribution in [0.5, 0.6) is 0 Å². The molecule has 0 saturated heterocycles. The third-order valence-electron chi connectivity index (χ3n) is 4.20. The molecule has 1 heterocycles. The molecule has 1 unspecified atom stereocenters. The van der Waals surface area contributed by atoms with Gasteiger partial charge < -0.3 is 5.11 Å². The molecule has 1 fully saturated rings. The zero-order valence-corrected chi connectivity index (χ0v) is 15.3. The second-order valence-corrected chi connectivity index (χ2v) is 9.45. The van der Waals surface area contributed by atoms with Gasteiger partial charge in [-0.05, 0) is 52.5 Å². The Morgan fingerprint density at radius 3 is 2.61 bits per heavy atom. The van der Waals surface area contributed by atoms with Gasteiger partial charge >= 0.3 is 0 Å². The Kier molecular flexibility index (Phi) is 5.82. The van der Waals surface area contributed by atoms with Crippen LogP contribution < -0.4 is 4.72 Å². The van der Waals surface area contributed by atoms with E-state index in [1.165, 1.54) is 0 Å². The summed E-state index contributed by atoms with van der Waals surface area (Å²) in [5.74, 6) is 0. The SMILES string of the molecule is CC(C)(C)S(=O)N[C@@H](c1cccnc1Cl)C1(O)CCC(F)CC1. The number of rotatable bonds is 4. The molecule has 130 valence electrons. The van der Waals surface area contributed by atoms with Crippen molar-refractivity contribution >= 4 is 22.6 Å². The van der Waals surface area contributed by atoms with Crippen molar-refractivity contribution in [2.45, 2.75) is 69.0 Å². The highest BCUT2D eigenvalue weighted by Crippen LogP contribution is 2.41. The van der Waals surface area contributed by atoms with Gasteiger partial charge in [-0.15, -0.1) is 0 Å². The van der Waals surface area contributed by atoms with Crippen molar-refractivity contribution in [1.29, 1.82) is 0 Å². The van der Waals surface area contributed by atoms with Crippen LogP contribution in [0.2, 0.25) is 5.15 Å². The molecule has 0 radical (unpaired) electrons. The molecule has 0 bridgehead atoms. The molecule has 2 N–H and O–H groups in total. The molecule has 2 atom stereocenters. The predicted octanol–water partition coefficient (Wildman–Crippen LogP) is 3.47. The normalized spacial score (nSPS) is 28.3. The molecule has 0 amide bonds. The van der Waals surface area contributed by atoms with Crippen LogP contribution in [0.25, 0.3) is 0 Å². The summed E-state index contributed by atoms with van der Waals surface area (Å²) in [4.78, 5) is 4.05. The summed E-state index contributed by atoms with van der Waals surface area (Å²) < 4.78 is 28.6. The lowest BCUT2D eigenvalue weighted by molar-refractivity contribution is -0.0405. The number of aromatic nitrogens is 1. The lowest BCUT2D eigenvalue weighted by atomic mass is 9.77. The Balaban J connectivity index is 2.36. The molecule has 1 aliphatic carbocycles. The maximum absolute atomic E-state index is 13.5. The van der Waals surface area contributed by atoms with Crippen LogP contribution in [0, 0.1) is 0 Å². The molecule has 1 aliphatic rings. The van der Waals surface area contributed by atoms with E-state index in [0.29, 0.717) is 18.4 Å². The first-order valence-electron chi connectivity index (χ1n) is 7.78. The van der Waals surface area contributed by atoms with Crippen LogP contribution in [0.1, 0.15) is 58.1 Å². The summed E-state index contributed by atoms with van der Waals surface area (Å²) in [5.41, 5.74) is -0.609. The Morgan fingerprint density at radius 2 is 2.09 bits per heavy atom. The van der Waals surface area contributed by atoms with Crippen LogP contribution >= 0.6 is 11.6 Å². The lowest BCUT2D eigenvalue weighted by Crippen LogP contribution is -2.49. The number of alkyl halides is 1. The van der Waals surface area contributed by atoms with Crippen molar-refractivity contribution in [1.82, 2.24) is 9.71 Å². The van der Waals surface area contributed by atoms with Gasteiger partial charge in [-0.1, -0.05) is 17.7 Å². The van der Waals surface area contributed by atoms with E-state index in [1.807, 2.05) is 20.8 Å². The van der Waals surface area contributed by atoms with Crippen molar-refractivity contribution < 1.29 is 13.7 Å². The van der Waals surface area contributed by atoms with E-state index in [4.69, 9.17) is 11.6 Å². The van der Waals surface area contributed by atoms with Gasteiger partial charge in [0.05, 0.1) is 27.4 Å². The topological polar surface area (TPSA) is 62.2 Å². The minimum Gasteiger partial charge on any atom is -0.388 e. The third-order valence-corrected chi connectivity index (χ3v) is 6.08. The fraction of sp³-hybridized carbons (Fsp3) is 0.688.